The lowest BCUT2D eigenvalue weighted by atomic mass is 10.00. The normalized spacial score (nSPS) is 21.5. The van der Waals surface area contributed by atoms with Crippen LogP contribution in [0.2, 0.25) is 0 Å². The Balaban J connectivity index is 2.57. The molecule has 0 aromatic heterocycles. The largest absolute Gasteiger partial charge is 0.324 e. The highest BCUT2D eigenvalue weighted by Gasteiger charge is 2.20. The van der Waals surface area contributed by atoms with Crippen molar-refractivity contribution in [2.45, 2.75) is 18.2 Å². The molecule has 0 fully saturated rings. The average Bonchev–Trinajstić information content (AvgIpc) is 2.35. The van der Waals surface area contributed by atoms with Gasteiger partial charge in [0.15, 0.2) is 0 Å². The van der Waals surface area contributed by atoms with Gasteiger partial charge in [0.2, 0.25) is 0 Å². The maximum atomic E-state index is 13.5. The third-order valence-corrected chi connectivity index (χ3v) is 4.15. The highest BCUT2D eigenvalue weighted by atomic mass is 79.9. The van der Waals surface area contributed by atoms with E-state index < -0.39 is 0 Å². The van der Waals surface area contributed by atoms with Gasteiger partial charge in [-0.3, -0.25) is 0 Å². The van der Waals surface area contributed by atoms with Crippen molar-refractivity contribution >= 4 is 27.7 Å². The summed E-state index contributed by atoms with van der Waals surface area (Å²) in [5.41, 5.74) is 7.73. The summed E-state index contributed by atoms with van der Waals surface area (Å²) in [4.78, 5) is 0. The minimum atomic E-state index is -0.131. The van der Waals surface area contributed by atoms with E-state index in [0.717, 1.165) is 33.5 Å². The second-order valence-electron chi connectivity index (χ2n) is 3.37. The predicted molar refractivity (Wildman–Crippen MR) is 61.8 cm³/mol. The molecule has 1 atom stereocenters. The molecule has 4 heteroatoms. The number of hydrogen-bond acceptors (Lipinski definition) is 2. The number of benzene rings is 1. The van der Waals surface area contributed by atoms with E-state index in [4.69, 9.17) is 5.73 Å². The van der Waals surface area contributed by atoms with E-state index in [2.05, 4.69) is 15.9 Å². The van der Waals surface area contributed by atoms with E-state index in [1.807, 2.05) is 0 Å². The second-order valence-corrected chi connectivity index (χ2v) is 5.33. The molecule has 2 N–H and O–H groups in total. The van der Waals surface area contributed by atoms with E-state index >= 15 is 0 Å². The van der Waals surface area contributed by atoms with E-state index in [1.54, 1.807) is 17.8 Å². The lowest BCUT2D eigenvalue weighted by Crippen LogP contribution is -2.13. The van der Waals surface area contributed by atoms with Crippen LogP contribution in [0.15, 0.2) is 16.6 Å². The molecule has 1 aliphatic rings. The van der Waals surface area contributed by atoms with E-state index in [-0.39, 0.29) is 11.9 Å². The number of thioether (sulfide) groups is 1. The topological polar surface area (TPSA) is 26.0 Å². The lowest BCUT2D eigenvalue weighted by Gasteiger charge is -2.14. The van der Waals surface area contributed by atoms with Gasteiger partial charge >= 0.3 is 0 Å². The summed E-state index contributed by atoms with van der Waals surface area (Å²) >= 11 is 5.18. The van der Waals surface area contributed by atoms with Crippen LogP contribution in [-0.2, 0) is 5.75 Å². The quantitative estimate of drug-likeness (QED) is 0.787. The first-order valence-electron chi connectivity index (χ1n) is 4.50. The maximum absolute atomic E-state index is 13.5. The fraction of sp³-hybridized carbons (Fsp3) is 0.400. The molecule has 1 aromatic rings. The molecular formula is C10H11BrFNS. The third kappa shape index (κ3) is 1.83. The van der Waals surface area contributed by atoms with Crippen LogP contribution in [0.1, 0.15) is 23.6 Å². The summed E-state index contributed by atoms with van der Waals surface area (Å²) in [6, 6.07) is 3.20. The van der Waals surface area contributed by atoms with E-state index in [1.165, 1.54) is 6.07 Å². The smallest absolute Gasteiger partial charge is 0.127 e. The summed E-state index contributed by atoms with van der Waals surface area (Å²) in [7, 11) is 0. The molecule has 1 unspecified atom stereocenters. The Morgan fingerprint density at radius 3 is 3.07 bits per heavy atom. The summed E-state index contributed by atoms with van der Waals surface area (Å²) in [5, 5.41) is 0. The zero-order valence-corrected chi connectivity index (χ0v) is 10.00. The van der Waals surface area contributed by atoms with Crippen molar-refractivity contribution in [2.75, 3.05) is 5.75 Å². The van der Waals surface area contributed by atoms with E-state index in [0.29, 0.717) is 0 Å². The minimum absolute atomic E-state index is 0.0370. The van der Waals surface area contributed by atoms with Gasteiger partial charge in [-0.1, -0.05) is 15.9 Å². The molecule has 76 valence electrons. The highest BCUT2D eigenvalue weighted by molar-refractivity contribution is 9.10. The minimum Gasteiger partial charge on any atom is -0.324 e. The van der Waals surface area contributed by atoms with Crippen molar-refractivity contribution in [1.82, 2.24) is 0 Å². The summed E-state index contributed by atoms with van der Waals surface area (Å²) in [6.45, 7) is 0. The molecule has 0 bridgehead atoms. The van der Waals surface area contributed by atoms with Crippen LogP contribution in [-0.4, -0.2) is 5.75 Å². The van der Waals surface area contributed by atoms with Crippen molar-refractivity contribution in [3.63, 3.8) is 0 Å². The molecule has 1 aliphatic heterocycles. The Hall–Kier alpha value is -0.0600. The summed E-state index contributed by atoms with van der Waals surface area (Å²) in [6.07, 6.45) is 0.916. The molecule has 1 aromatic carbocycles. The maximum Gasteiger partial charge on any atom is 0.127 e. The van der Waals surface area contributed by atoms with Crippen molar-refractivity contribution in [3.8, 4) is 0 Å². The van der Waals surface area contributed by atoms with Crippen LogP contribution >= 0.6 is 27.7 Å². The molecule has 1 nitrogen and oxygen atoms in total. The first kappa shape index (κ1) is 10.5. The number of fused-ring (bicyclic) bond motifs is 1. The first-order chi connectivity index (χ1) is 6.70. The lowest BCUT2D eigenvalue weighted by molar-refractivity contribution is 0.605. The van der Waals surface area contributed by atoms with Crippen LogP contribution in [0.4, 0.5) is 4.39 Å². The fourth-order valence-electron chi connectivity index (χ4n) is 1.69. The summed E-state index contributed by atoms with van der Waals surface area (Å²) < 4.78 is 14.4. The van der Waals surface area contributed by atoms with Gasteiger partial charge in [-0.25, -0.2) is 4.39 Å². The van der Waals surface area contributed by atoms with Gasteiger partial charge in [-0.15, -0.1) is 0 Å². The average molecular weight is 276 g/mol. The van der Waals surface area contributed by atoms with Crippen molar-refractivity contribution in [3.05, 3.63) is 33.5 Å². The highest BCUT2D eigenvalue weighted by Crippen LogP contribution is 2.35. The van der Waals surface area contributed by atoms with Gasteiger partial charge in [0.05, 0.1) is 0 Å². The Morgan fingerprint density at radius 2 is 2.29 bits per heavy atom. The van der Waals surface area contributed by atoms with Gasteiger partial charge in [0.1, 0.15) is 5.82 Å². The molecular weight excluding hydrogens is 265 g/mol. The Kier molecular flexibility index (Phi) is 3.14. The van der Waals surface area contributed by atoms with E-state index in [9.17, 15) is 4.39 Å². The van der Waals surface area contributed by atoms with Crippen LogP contribution < -0.4 is 5.73 Å². The number of halogens is 2. The Bertz CT molecular complexity index is 356. The number of hydrogen-bond donors (Lipinski definition) is 1. The monoisotopic (exact) mass is 275 g/mol. The standard InChI is InChI=1S/C10H11BrFNS/c11-7-1-2-8(12)6-5-14-4-3-9(13)10(6)7/h1-2,9H,3-5,13H2. The molecule has 0 amide bonds. The van der Waals surface area contributed by atoms with Crippen molar-refractivity contribution in [2.24, 2.45) is 5.73 Å². The van der Waals surface area contributed by atoms with Gasteiger partial charge in [0.25, 0.3) is 0 Å². The first-order valence-corrected chi connectivity index (χ1v) is 6.45. The molecule has 0 spiro atoms. The predicted octanol–water partition coefficient (Wildman–Crippen LogP) is 3.22. The molecule has 0 aliphatic carbocycles. The molecule has 1 heterocycles. The third-order valence-electron chi connectivity index (χ3n) is 2.44. The van der Waals surface area contributed by atoms with Crippen LogP contribution in [0, 0.1) is 5.82 Å². The van der Waals surface area contributed by atoms with Gasteiger partial charge in [0, 0.05) is 21.8 Å². The summed E-state index contributed by atoms with van der Waals surface area (Å²) in [5.74, 6) is 1.60. The molecule has 0 saturated carbocycles. The number of rotatable bonds is 0. The van der Waals surface area contributed by atoms with Crippen molar-refractivity contribution in [1.29, 1.82) is 0 Å². The van der Waals surface area contributed by atoms with Gasteiger partial charge < -0.3 is 5.73 Å². The molecule has 14 heavy (non-hydrogen) atoms. The zero-order chi connectivity index (χ0) is 10.1. The van der Waals surface area contributed by atoms with Crippen LogP contribution in [0.25, 0.3) is 0 Å². The van der Waals surface area contributed by atoms with Gasteiger partial charge in [-0.05, 0) is 29.9 Å². The molecule has 0 saturated heterocycles. The van der Waals surface area contributed by atoms with Crippen LogP contribution in [0.5, 0.6) is 0 Å². The van der Waals surface area contributed by atoms with Gasteiger partial charge in [-0.2, -0.15) is 11.8 Å². The van der Waals surface area contributed by atoms with Crippen molar-refractivity contribution < 1.29 is 4.39 Å². The Morgan fingerprint density at radius 1 is 1.50 bits per heavy atom. The number of nitrogens with two attached hydrogens (primary N) is 1. The zero-order valence-electron chi connectivity index (χ0n) is 7.59. The second kappa shape index (κ2) is 4.21. The Labute approximate surface area is 95.4 Å². The van der Waals surface area contributed by atoms with Crippen LogP contribution in [0.3, 0.4) is 0 Å². The molecule has 0 radical (unpaired) electrons. The molecule has 2 rings (SSSR count). The fourth-order valence-corrected chi connectivity index (χ4v) is 3.41. The SMILES string of the molecule is NC1CCSCc2c(F)ccc(Br)c21.